The van der Waals surface area contributed by atoms with Gasteiger partial charge in [0.1, 0.15) is 0 Å². The number of fused-ring (bicyclic) bond motifs is 16. The fraction of sp³-hybridized carbons (Fsp3) is 0. The van der Waals surface area contributed by atoms with E-state index in [1.807, 2.05) is 0 Å². The molecule has 0 N–H and O–H groups in total. The van der Waals surface area contributed by atoms with E-state index in [4.69, 9.17) is 9.97 Å². The molecule has 59 heavy (non-hydrogen) atoms. The van der Waals surface area contributed by atoms with Crippen LogP contribution in [0.4, 0.5) is 0 Å². The molecule has 5 heterocycles. The molecular weight excluding hydrogens is 719 g/mol. The predicted octanol–water partition coefficient (Wildman–Crippen LogP) is 13.8. The topological polar surface area (TPSA) is 40.0 Å². The van der Waals surface area contributed by atoms with Crippen LogP contribution in [0.1, 0.15) is 0 Å². The van der Waals surface area contributed by atoms with E-state index in [1.54, 1.807) is 0 Å². The molecule has 0 aliphatic rings. The molecule has 9 aromatic carbocycles. The molecule has 0 aliphatic carbocycles. The first-order valence-corrected chi connectivity index (χ1v) is 20.2. The maximum absolute atomic E-state index is 5.66. The number of nitrogens with zero attached hydrogens (tertiary/aromatic N) is 5. The zero-order valence-corrected chi connectivity index (χ0v) is 31.6. The molecule has 0 bridgehead atoms. The Balaban J connectivity index is 1.15. The highest BCUT2D eigenvalue weighted by atomic mass is 15.2. The average molecular weight is 750 g/mol. The lowest BCUT2D eigenvalue weighted by Crippen LogP contribution is -2.04. The molecule has 272 valence electrons. The maximum atomic E-state index is 5.66. The zero-order chi connectivity index (χ0) is 38.3. The summed E-state index contributed by atoms with van der Waals surface area (Å²) in [5.74, 6) is 0.653. The van der Waals surface area contributed by atoms with Crippen LogP contribution < -0.4 is 0 Å². The van der Waals surface area contributed by atoms with Gasteiger partial charge in [-0.05, 0) is 53.9 Å². The van der Waals surface area contributed by atoms with Crippen molar-refractivity contribution in [3.05, 3.63) is 188 Å². The van der Waals surface area contributed by atoms with Gasteiger partial charge in [-0.15, -0.1) is 0 Å². The van der Waals surface area contributed by atoms with E-state index in [9.17, 15) is 0 Å². The molecule has 0 saturated heterocycles. The Morgan fingerprint density at radius 3 is 1.80 bits per heavy atom. The maximum Gasteiger partial charge on any atom is 0.235 e. The van der Waals surface area contributed by atoms with E-state index in [-0.39, 0.29) is 0 Å². The van der Waals surface area contributed by atoms with Crippen molar-refractivity contribution in [1.82, 2.24) is 23.5 Å². The Bertz CT molecular complexity index is 4070. The molecule has 14 aromatic rings. The first-order valence-electron chi connectivity index (χ1n) is 20.2. The Labute approximate surface area is 336 Å². The summed E-state index contributed by atoms with van der Waals surface area (Å²) < 4.78 is 7.19. The standard InChI is InChI=1S/C54H31N5/c1-2-15-34(16-3-1)57-44-23-11-7-18-36(44)38-28-27-33(30-47(38)57)51-39-20-6-10-22-43(39)55-54(56-51)59-48-31-42-37-19-8-12-24-45(37)58-46-25-13-9-21-40(46)50(53(42)58)49(48)41-29-26-32-14-4-5-17-35(32)52(41)59/h1-31H. The normalized spacial score (nSPS) is 12.4. The highest BCUT2D eigenvalue weighted by Gasteiger charge is 2.26. The van der Waals surface area contributed by atoms with Crippen molar-refractivity contribution < 1.29 is 0 Å². The number of rotatable bonds is 3. The van der Waals surface area contributed by atoms with Gasteiger partial charge in [0.15, 0.2) is 0 Å². The molecular formula is C54H31N5. The van der Waals surface area contributed by atoms with E-state index in [1.165, 1.54) is 75.9 Å². The van der Waals surface area contributed by atoms with Gasteiger partial charge < -0.3 is 8.97 Å². The number of para-hydroxylation sites is 5. The number of benzene rings is 9. The average Bonchev–Trinajstić information content (AvgIpc) is 4.03. The summed E-state index contributed by atoms with van der Waals surface area (Å²) in [6.07, 6.45) is 0. The van der Waals surface area contributed by atoms with Crippen LogP contribution in [-0.2, 0) is 0 Å². The second kappa shape index (κ2) is 11.3. The number of aromatic nitrogens is 5. The third-order valence-corrected chi connectivity index (χ3v) is 12.7. The molecule has 5 aromatic heterocycles. The van der Waals surface area contributed by atoms with Crippen LogP contribution in [0, 0.1) is 0 Å². The Morgan fingerprint density at radius 1 is 0.339 bits per heavy atom. The van der Waals surface area contributed by atoms with E-state index in [0.717, 1.165) is 44.4 Å². The van der Waals surface area contributed by atoms with Gasteiger partial charge in [0.2, 0.25) is 5.95 Å². The van der Waals surface area contributed by atoms with Crippen LogP contribution in [0.3, 0.4) is 0 Å². The van der Waals surface area contributed by atoms with Crippen molar-refractivity contribution >= 4 is 103 Å². The Kier molecular flexibility index (Phi) is 5.96. The molecule has 0 spiro atoms. The lowest BCUT2D eigenvalue weighted by Gasteiger charge is -2.13. The monoisotopic (exact) mass is 749 g/mol. The molecule has 14 rings (SSSR count). The summed E-state index contributed by atoms with van der Waals surface area (Å²) in [6.45, 7) is 0. The molecule has 5 heteroatoms. The fourth-order valence-electron chi connectivity index (χ4n) is 10.3. The zero-order valence-electron chi connectivity index (χ0n) is 31.6. The van der Waals surface area contributed by atoms with Crippen molar-refractivity contribution in [3.8, 4) is 22.9 Å². The summed E-state index contributed by atoms with van der Waals surface area (Å²) in [5, 5.41) is 13.2. The molecule has 0 amide bonds. The number of hydrogen-bond donors (Lipinski definition) is 0. The minimum Gasteiger partial charge on any atom is -0.309 e. The summed E-state index contributed by atoms with van der Waals surface area (Å²) in [6, 6.07) is 68.0. The van der Waals surface area contributed by atoms with E-state index in [2.05, 4.69) is 202 Å². The second-order valence-corrected chi connectivity index (χ2v) is 15.7. The van der Waals surface area contributed by atoms with Crippen LogP contribution in [0.25, 0.3) is 126 Å². The lowest BCUT2D eigenvalue weighted by atomic mass is 10.0. The van der Waals surface area contributed by atoms with Crippen molar-refractivity contribution in [3.63, 3.8) is 0 Å². The third kappa shape index (κ3) is 4.03. The van der Waals surface area contributed by atoms with Crippen LogP contribution in [0.2, 0.25) is 0 Å². The summed E-state index contributed by atoms with van der Waals surface area (Å²) in [7, 11) is 0. The van der Waals surface area contributed by atoms with E-state index < -0.39 is 0 Å². The van der Waals surface area contributed by atoms with Gasteiger partial charge in [0.05, 0.1) is 49.8 Å². The highest BCUT2D eigenvalue weighted by molar-refractivity contribution is 6.37. The molecule has 5 nitrogen and oxygen atoms in total. The number of hydrogen-bond acceptors (Lipinski definition) is 2. The van der Waals surface area contributed by atoms with E-state index in [0.29, 0.717) is 5.95 Å². The molecule has 0 unspecified atom stereocenters. The lowest BCUT2D eigenvalue weighted by molar-refractivity contribution is 1.02. The van der Waals surface area contributed by atoms with Crippen LogP contribution in [0.5, 0.6) is 0 Å². The quantitative estimate of drug-likeness (QED) is 0.180. The summed E-state index contributed by atoms with van der Waals surface area (Å²) in [5.41, 5.74) is 12.2. The van der Waals surface area contributed by atoms with Gasteiger partial charge in [-0.2, -0.15) is 0 Å². The summed E-state index contributed by atoms with van der Waals surface area (Å²) >= 11 is 0. The van der Waals surface area contributed by atoms with Crippen LogP contribution >= 0.6 is 0 Å². The predicted molar refractivity (Wildman–Crippen MR) is 246 cm³/mol. The molecule has 0 fully saturated rings. The SMILES string of the molecule is c1ccc(-n2c3ccccc3c3ccc(-c4nc(-n5c6cc7c8ccccc8n8c9ccccc9c(c6c6ccc9ccccc9c65)c78)nc5ccccc45)cc32)cc1. The second-order valence-electron chi connectivity index (χ2n) is 15.7. The van der Waals surface area contributed by atoms with Gasteiger partial charge in [-0.25, -0.2) is 9.97 Å². The largest absolute Gasteiger partial charge is 0.309 e. The van der Waals surface area contributed by atoms with Gasteiger partial charge in [-0.1, -0.05) is 140 Å². The molecule has 0 aliphatic heterocycles. The van der Waals surface area contributed by atoms with Crippen LogP contribution in [-0.4, -0.2) is 23.5 Å². The Hall–Kier alpha value is -8.02. The van der Waals surface area contributed by atoms with Gasteiger partial charge in [0, 0.05) is 65.1 Å². The van der Waals surface area contributed by atoms with Gasteiger partial charge >= 0.3 is 0 Å². The molecule has 0 atom stereocenters. The smallest absolute Gasteiger partial charge is 0.235 e. The minimum absolute atomic E-state index is 0.653. The Morgan fingerprint density at radius 2 is 0.966 bits per heavy atom. The first-order chi connectivity index (χ1) is 29.3. The minimum atomic E-state index is 0.653. The van der Waals surface area contributed by atoms with Crippen molar-refractivity contribution in [2.24, 2.45) is 0 Å². The highest BCUT2D eigenvalue weighted by Crippen LogP contribution is 2.48. The first kappa shape index (κ1) is 31.1. The molecule has 0 radical (unpaired) electrons. The van der Waals surface area contributed by atoms with Crippen molar-refractivity contribution in [1.29, 1.82) is 0 Å². The van der Waals surface area contributed by atoms with Gasteiger partial charge in [-0.3, -0.25) is 4.57 Å². The van der Waals surface area contributed by atoms with Crippen molar-refractivity contribution in [2.45, 2.75) is 0 Å². The summed E-state index contributed by atoms with van der Waals surface area (Å²) in [4.78, 5) is 11.1. The van der Waals surface area contributed by atoms with Crippen molar-refractivity contribution in [2.75, 3.05) is 0 Å². The third-order valence-electron chi connectivity index (χ3n) is 12.7. The fourth-order valence-corrected chi connectivity index (χ4v) is 10.3. The molecule has 0 saturated carbocycles. The van der Waals surface area contributed by atoms with Gasteiger partial charge in [0.25, 0.3) is 0 Å². The van der Waals surface area contributed by atoms with Crippen LogP contribution in [0.15, 0.2) is 188 Å². The van der Waals surface area contributed by atoms with E-state index >= 15 is 0 Å².